The predicted octanol–water partition coefficient (Wildman–Crippen LogP) is 3.14. The molecule has 32 heavy (non-hydrogen) atoms. The van der Waals surface area contributed by atoms with E-state index in [4.69, 9.17) is 4.74 Å². The molecule has 3 rings (SSSR count). The molecule has 3 N–H and O–H groups in total. The number of aromatic nitrogens is 4. The summed E-state index contributed by atoms with van der Waals surface area (Å²) < 4.78 is 31.4. The second-order valence-electron chi connectivity index (χ2n) is 8.60. The molecule has 1 fully saturated rings. The Morgan fingerprint density at radius 3 is 2.81 bits per heavy atom. The minimum absolute atomic E-state index is 0.0407. The highest BCUT2D eigenvalue weighted by Crippen LogP contribution is 2.37. The molecule has 2 heterocycles. The molecule has 11 heteroatoms. The number of hydrogen-bond acceptors (Lipinski definition) is 9. The molecule has 0 bridgehead atoms. The molecule has 1 aliphatic rings. The average Bonchev–Trinajstić information content (AvgIpc) is 2.74. The fraction of sp³-hybridized carbons (Fsp3) is 0.571. The topological polar surface area (TPSA) is 129 Å². The number of nitrogens with zero attached hydrogens (tertiary/aromatic N) is 5. The van der Waals surface area contributed by atoms with E-state index < -0.39 is 24.0 Å². The Labute approximate surface area is 185 Å². The number of halogens is 2. The van der Waals surface area contributed by atoms with Crippen LogP contribution in [0, 0.1) is 16.7 Å². The quantitative estimate of drug-likeness (QED) is 0.559. The lowest BCUT2D eigenvalue weighted by Crippen LogP contribution is -2.48. The number of alkyl halides is 2. The summed E-state index contributed by atoms with van der Waals surface area (Å²) in [6.45, 7) is 4.05. The van der Waals surface area contributed by atoms with E-state index >= 15 is 0 Å². The van der Waals surface area contributed by atoms with Crippen LogP contribution in [0.1, 0.15) is 51.2 Å². The van der Waals surface area contributed by atoms with Crippen molar-refractivity contribution < 1.29 is 18.6 Å². The largest absolute Gasteiger partial charge is 0.471 e. The first kappa shape index (κ1) is 23.5. The first-order valence-corrected chi connectivity index (χ1v) is 10.4. The van der Waals surface area contributed by atoms with Crippen LogP contribution < -0.4 is 15.4 Å². The Morgan fingerprint density at radius 1 is 1.31 bits per heavy atom. The zero-order valence-electron chi connectivity index (χ0n) is 18.3. The third kappa shape index (κ3) is 5.76. The number of nitrogens with one attached hydrogen (secondary N) is 2. The van der Waals surface area contributed by atoms with E-state index in [0.717, 1.165) is 26.2 Å². The maximum Gasteiger partial charge on any atom is 0.278 e. The Kier molecular flexibility index (Phi) is 7.03. The molecule has 1 unspecified atom stereocenters. The standard InChI is InChI=1S/C21H27F2N7O2/c1-20(2)15(5-4-6-16(20)31)29-17-13(7-24)9-26-19(30-17)27-10-14-8-25-12-28-18(14)32-11-21(3,22)23/h8-9,12,15-16,31H,4-6,10-11H2,1-3H3,(H2,26,27,29,30)/t15-,16?/m1/s1. The van der Waals surface area contributed by atoms with Crippen LogP contribution in [0.3, 0.4) is 0 Å². The lowest BCUT2D eigenvalue weighted by Gasteiger charge is -2.43. The van der Waals surface area contributed by atoms with E-state index in [2.05, 4.69) is 36.6 Å². The smallest absolute Gasteiger partial charge is 0.278 e. The van der Waals surface area contributed by atoms with Gasteiger partial charge in [-0.3, -0.25) is 0 Å². The van der Waals surface area contributed by atoms with Crippen LogP contribution in [0.5, 0.6) is 5.88 Å². The Balaban J connectivity index is 1.74. The van der Waals surface area contributed by atoms with Crippen LogP contribution in [-0.2, 0) is 6.54 Å². The molecule has 0 aromatic carbocycles. The van der Waals surface area contributed by atoms with Gasteiger partial charge in [-0.05, 0) is 19.3 Å². The lowest BCUT2D eigenvalue weighted by atomic mass is 9.71. The molecule has 172 valence electrons. The van der Waals surface area contributed by atoms with E-state index in [9.17, 15) is 19.1 Å². The van der Waals surface area contributed by atoms with Crippen LogP contribution in [0.25, 0.3) is 0 Å². The van der Waals surface area contributed by atoms with Crippen LogP contribution in [0.15, 0.2) is 18.7 Å². The number of rotatable bonds is 8. The fourth-order valence-electron chi connectivity index (χ4n) is 3.54. The van der Waals surface area contributed by atoms with Crippen LogP contribution in [0.2, 0.25) is 0 Å². The summed E-state index contributed by atoms with van der Waals surface area (Å²) in [7, 11) is 0. The zero-order chi connectivity index (χ0) is 23.4. The van der Waals surface area contributed by atoms with Gasteiger partial charge in [0.1, 0.15) is 23.8 Å². The molecule has 2 aromatic heterocycles. The van der Waals surface area contributed by atoms with E-state index in [0.29, 0.717) is 11.4 Å². The van der Waals surface area contributed by atoms with Crippen molar-refractivity contribution in [3.63, 3.8) is 0 Å². The molecule has 9 nitrogen and oxygen atoms in total. The number of aliphatic hydroxyl groups is 1. The fourth-order valence-corrected chi connectivity index (χ4v) is 3.54. The van der Waals surface area contributed by atoms with Gasteiger partial charge in [0.05, 0.1) is 17.9 Å². The molecule has 1 aliphatic carbocycles. The van der Waals surface area contributed by atoms with Crippen molar-refractivity contribution in [3.05, 3.63) is 29.8 Å². The molecular formula is C21H27F2N7O2. The van der Waals surface area contributed by atoms with Crippen LogP contribution in [0.4, 0.5) is 20.5 Å². The van der Waals surface area contributed by atoms with Gasteiger partial charge < -0.3 is 20.5 Å². The van der Waals surface area contributed by atoms with Gasteiger partial charge in [-0.1, -0.05) is 13.8 Å². The zero-order valence-corrected chi connectivity index (χ0v) is 18.3. The van der Waals surface area contributed by atoms with Crippen molar-refractivity contribution in [1.82, 2.24) is 19.9 Å². The predicted molar refractivity (Wildman–Crippen MR) is 113 cm³/mol. The highest BCUT2D eigenvalue weighted by Gasteiger charge is 2.39. The van der Waals surface area contributed by atoms with Crippen molar-refractivity contribution in [1.29, 1.82) is 5.26 Å². The molecule has 2 aromatic rings. The summed E-state index contributed by atoms with van der Waals surface area (Å²) in [5.41, 5.74) is 0.345. The molecule has 2 atom stereocenters. The number of hydrogen-bond donors (Lipinski definition) is 3. The molecule has 0 saturated heterocycles. The number of anilines is 2. The van der Waals surface area contributed by atoms with Gasteiger partial charge in [0.15, 0.2) is 6.61 Å². The molecular weight excluding hydrogens is 420 g/mol. The second-order valence-corrected chi connectivity index (χ2v) is 8.60. The Bertz CT molecular complexity index is 975. The minimum atomic E-state index is -2.99. The summed E-state index contributed by atoms with van der Waals surface area (Å²) in [6, 6.07) is 2.01. The van der Waals surface area contributed by atoms with Crippen molar-refractivity contribution in [2.24, 2.45) is 5.41 Å². The first-order chi connectivity index (χ1) is 15.1. The summed E-state index contributed by atoms with van der Waals surface area (Å²) in [5.74, 6) is -2.36. The highest BCUT2D eigenvalue weighted by atomic mass is 19.3. The summed E-state index contributed by atoms with van der Waals surface area (Å²) in [4.78, 5) is 16.4. The minimum Gasteiger partial charge on any atom is -0.471 e. The number of ether oxygens (including phenoxy) is 1. The molecule has 0 amide bonds. The van der Waals surface area contributed by atoms with Crippen molar-refractivity contribution >= 4 is 11.8 Å². The van der Waals surface area contributed by atoms with E-state index in [-0.39, 0.29) is 30.0 Å². The van der Waals surface area contributed by atoms with Gasteiger partial charge >= 0.3 is 0 Å². The van der Waals surface area contributed by atoms with Gasteiger partial charge in [0, 0.05) is 31.1 Å². The van der Waals surface area contributed by atoms with E-state index in [1.54, 1.807) is 0 Å². The SMILES string of the molecule is CC(F)(F)COc1ncncc1CNc1ncc(C#N)c(N[C@@H]2CCCC(O)C2(C)C)n1. The van der Waals surface area contributed by atoms with Crippen LogP contribution in [-0.4, -0.2) is 49.7 Å². The van der Waals surface area contributed by atoms with Gasteiger partial charge in [0.25, 0.3) is 5.92 Å². The van der Waals surface area contributed by atoms with Gasteiger partial charge in [0.2, 0.25) is 11.8 Å². The maximum atomic E-state index is 13.1. The summed E-state index contributed by atoms with van der Waals surface area (Å²) in [6.07, 6.45) is 6.07. The normalized spacial score (nSPS) is 20.3. The van der Waals surface area contributed by atoms with Crippen molar-refractivity contribution in [2.75, 3.05) is 17.2 Å². The van der Waals surface area contributed by atoms with Gasteiger partial charge in [-0.25, -0.2) is 23.7 Å². The summed E-state index contributed by atoms with van der Waals surface area (Å²) >= 11 is 0. The van der Waals surface area contributed by atoms with Crippen molar-refractivity contribution in [3.8, 4) is 11.9 Å². The monoisotopic (exact) mass is 447 g/mol. The third-order valence-corrected chi connectivity index (χ3v) is 5.59. The van der Waals surface area contributed by atoms with Gasteiger partial charge in [-0.2, -0.15) is 10.2 Å². The average molecular weight is 447 g/mol. The number of nitriles is 1. The van der Waals surface area contributed by atoms with E-state index in [1.165, 1.54) is 18.7 Å². The molecule has 0 aliphatic heterocycles. The van der Waals surface area contributed by atoms with Gasteiger partial charge in [-0.15, -0.1) is 0 Å². The van der Waals surface area contributed by atoms with E-state index in [1.807, 2.05) is 13.8 Å². The first-order valence-electron chi connectivity index (χ1n) is 10.4. The number of aliphatic hydroxyl groups excluding tert-OH is 1. The Hall–Kier alpha value is -3.13. The lowest BCUT2D eigenvalue weighted by molar-refractivity contribution is -0.0245. The molecule has 0 radical (unpaired) electrons. The third-order valence-electron chi connectivity index (χ3n) is 5.59. The van der Waals surface area contributed by atoms with Crippen LogP contribution >= 0.6 is 0 Å². The Morgan fingerprint density at radius 2 is 2.09 bits per heavy atom. The highest BCUT2D eigenvalue weighted by molar-refractivity contribution is 5.54. The molecule has 0 spiro atoms. The van der Waals surface area contributed by atoms with Crippen molar-refractivity contribution in [2.45, 2.75) is 64.6 Å². The maximum absolute atomic E-state index is 13.1. The summed E-state index contributed by atoms with van der Waals surface area (Å²) in [5, 5.41) is 26.1. The second kappa shape index (κ2) is 9.56. The molecule has 1 saturated carbocycles.